The molecule has 0 heterocycles. The average Bonchev–Trinajstić information content (AvgIpc) is 1.63. The van der Waals surface area contributed by atoms with Crippen LogP contribution in [0, 0.1) is 0 Å². The number of Topliss-reactive ketones (excluding diaryl/α,β-unsaturated/α-hetero) is 2. The topological polar surface area (TPSA) is 34.1 Å². The van der Waals surface area contributed by atoms with Crippen molar-refractivity contribution in [3.05, 3.63) is 0 Å². The zero-order valence-electron chi connectivity index (χ0n) is 5.48. The summed E-state index contributed by atoms with van der Waals surface area (Å²) in [5, 5.41) is 0. The Morgan fingerprint density at radius 2 is 2.00 bits per heavy atom. The summed E-state index contributed by atoms with van der Waals surface area (Å²) in [7, 11) is 0. The quantitative estimate of drug-likeness (QED) is 0.500. The van der Waals surface area contributed by atoms with E-state index in [1.54, 1.807) is 6.92 Å². The molecule has 0 aromatic carbocycles. The summed E-state index contributed by atoms with van der Waals surface area (Å²) in [6.07, 6.45) is 0.0480. The standard InChI is InChI=1S/C6H9BrO2/c1-4(8)3-6(9)5(2)7/h5H,3H2,1-2H3. The molecule has 0 bridgehead atoms. The van der Waals surface area contributed by atoms with Crippen LogP contribution in [0.2, 0.25) is 0 Å². The highest BCUT2D eigenvalue weighted by atomic mass is 79.9. The molecule has 0 aromatic heterocycles. The Morgan fingerprint density at radius 3 is 2.11 bits per heavy atom. The van der Waals surface area contributed by atoms with Gasteiger partial charge in [0.05, 0.1) is 11.2 Å². The molecule has 52 valence electrons. The second kappa shape index (κ2) is 3.77. The van der Waals surface area contributed by atoms with Crippen molar-refractivity contribution < 1.29 is 9.59 Å². The second-order valence-electron chi connectivity index (χ2n) is 1.96. The molecule has 0 spiro atoms. The fraction of sp³-hybridized carbons (Fsp3) is 0.667. The molecule has 2 nitrogen and oxygen atoms in total. The molecular weight excluding hydrogens is 184 g/mol. The van der Waals surface area contributed by atoms with Gasteiger partial charge >= 0.3 is 0 Å². The van der Waals surface area contributed by atoms with Crippen molar-refractivity contribution in [2.24, 2.45) is 0 Å². The van der Waals surface area contributed by atoms with Crippen LogP contribution in [0.1, 0.15) is 20.3 Å². The molecule has 0 radical (unpaired) electrons. The predicted molar refractivity (Wildman–Crippen MR) is 38.7 cm³/mol. The molecule has 0 aliphatic heterocycles. The molecule has 0 saturated heterocycles. The minimum Gasteiger partial charge on any atom is -0.300 e. The lowest BCUT2D eigenvalue weighted by Crippen LogP contribution is -2.12. The van der Waals surface area contributed by atoms with E-state index in [4.69, 9.17) is 0 Å². The summed E-state index contributed by atoms with van der Waals surface area (Å²) in [5.74, 6) is -0.131. The normalized spacial score (nSPS) is 12.8. The van der Waals surface area contributed by atoms with Gasteiger partial charge in [0.2, 0.25) is 0 Å². The Balaban J connectivity index is 3.64. The lowest BCUT2D eigenvalue weighted by atomic mass is 10.2. The van der Waals surface area contributed by atoms with Crippen molar-refractivity contribution >= 4 is 27.5 Å². The number of carbonyl (C=O) groups excluding carboxylic acids is 2. The fourth-order valence-electron chi connectivity index (χ4n) is 0.386. The number of rotatable bonds is 3. The molecule has 1 atom stereocenters. The maximum Gasteiger partial charge on any atom is 0.153 e. The summed E-state index contributed by atoms with van der Waals surface area (Å²) in [5.41, 5.74) is 0. The molecule has 0 rings (SSSR count). The zero-order chi connectivity index (χ0) is 7.44. The van der Waals surface area contributed by atoms with Gasteiger partial charge in [0.1, 0.15) is 5.78 Å². The third-order valence-electron chi connectivity index (χ3n) is 0.867. The van der Waals surface area contributed by atoms with Crippen LogP contribution in [0.3, 0.4) is 0 Å². The largest absolute Gasteiger partial charge is 0.300 e. The van der Waals surface area contributed by atoms with Crippen LogP contribution in [0.15, 0.2) is 0 Å². The van der Waals surface area contributed by atoms with Gasteiger partial charge in [-0.3, -0.25) is 9.59 Å². The van der Waals surface area contributed by atoms with Crippen molar-refractivity contribution in [2.75, 3.05) is 0 Å². The van der Waals surface area contributed by atoms with E-state index in [0.29, 0.717) is 0 Å². The highest BCUT2D eigenvalue weighted by molar-refractivity contribution is 9.10. The van der Waals surface area contributed by atoms with Gasteiger partial charge in [0, 0.05) is 0 Å². The maximum atomic E-state index is 10.7. The van der Waals surface area contributed by atoms with E-state index < -0.39 is 0 Å². The fourth-order valence-corrected chi connectivity index (χ4v) is 0.548. The van der Waals surface area contributed by atoms with E-state index in [9.17, 15) is 9.59 Å². The first kappa shape index (κ1) is 8.82. The van der Waals surface area contributed by atoms with Crippen LogP contribution in [0.4, 0.5) is 0 Å². The molecule has 0 fully saturated rings. The van der Waals surface area contributed by atoms with E-state index in [0.717, 1.165) is 0 Å². The Morgan fingerprint density at radius 1 is 1.56 bits per heavy atom. The summed E-state index contributed by atoms with van der Waals surface area (Å²) < 4.78 is 0. The smallest absolute Gasteiger partial charge is 0.153 e. The molecule has 0 aliphatic rings. The number of alkyl halides is 1. The van der Waals surface area contributed by atoms with Gasteiger partial charge < -0.3 is 0 Å². The van der Waals surface area contributed by atoms with Crippen molar-refractivity contribution in [1.82, 2.24) is 0 Å². The molecule has 1 unspecified atom stereocenters. The van der Waals surface area contributed by atoms with Gasteiger partial charge in [-0.15, -0.1) is 0 Å². The second-order valence-corrected chi connectivity index (χ2v) is 3.33. The summed E-state index contributed by atoms with van der Waals surface area (Å²) in [4.78, 5) is 20.8. The van der Waals surface area contributed by atoms with Gasteiger partial charge in [0.15, 0.2) is 5.78 Å². The number of carbonyl (C=O) groups is 2. The number of hydrogen-bond donors (Lipinski definition) is 0. The average molecular weight is 193 g/mol. The first-order valence-corrected chi connectivity index (χ1v) is 3.62. The monoisotopic (exact) mass is 192 g/mol. The molecule has 9 heavy (non-hydrogen) atoms. The molecule has 3 heteroatoms. The van der Waals surface area contributed by atoms with Gasteiger partial charge in [-0.25, -0.2) is 0 Å². The van der Waals surface area contributed by atoms with Crippen molar-refractivity contribution in [2.45, 2.75) is 25.1 Å². The van der Waals surface area contributed by atoms with E-state index in [1.165, 1.54) is 6.92 Å². The molecule has 0 aliphatic carbocycles. The third kappa shape index (κ3) is 4.33. The van der Waals surface area contributed by atoms with E-state index in [-0.39, 0.29) is 22.8 Å². The van der Waals surface area contributed by atoms with E-state index in [2.05, 4.69) is 15.9 Å². The van der Waals surface area contributed by atoms with E-state index >= 15 is 0 Å². The molecule has 0 amide bonds. The number of halogens is 1. The van der Waals surface area contributed by atoms with Gasteiger partial charge in [-0.05, 0) is 13.8 Å². The van der Waals surface area contributed by atoms with Crippen molar-refractivity contribution in [3.63, 3.8) is 0 Å². The Hall–Kier alpha value is -0.180. The summed E-state index contributed by atoms with van der Waals surface area (Å²) >= 11 is 3.07. The Kier molecular flexibility index (Phi) is 3.70. The Labute approximate surface area is 62.8 Å². The highest BCUT2D eigenvalue weighted by Gasteiger charge is 2.09. The highest BCUT2D eigenvalue weighted by Crippen LogP contribution is 2.01. The van der Waals surface area contributed by atoms with Crippen LogP contribution < -0.4 is 0 Å². The zero-order valence-corrected chi connectivity index (χ0v) is 7.06. The summed E-state index contributed by atoms with van der Waals surface area (Å²) in [6.45, 7) is 3.12. The number of hydrogen-bond acceptors (Lipinski definition) is 2. The van der Waals surface area contributed by atoms with Crippen LogP contribution in [-0.4, -0.2) is 16.4 Å². The Bertz CT molecular complexity index is 129. The predicted octanol–water partition coefficient (Wildman–Crippen LogP) is 1.32. The van der Waals surface area contributed by atoms with Crippen LogP contribution >= 0.6 is 15.9 Å². The minimum absolute atomic E-state index is 0.0480. The SMILES string of the molecule is CC(=O)CC(=O)C(C)Br. The van der Waals surface area contributed by atoms with Crippen molar-refractivity contribution in [1.29, 1.82) is 0 Å². The van der Waals surface area contributed by atoms with Crippen LogP contribution in [0.5, 0.6) is 0 Å². The molecular formula is C6H9BrO2. The molecule has 0 aromatic rings. The molecule has 0 N–H and O–H groups in total. The lowest BCUT2D eigenvalue weighted by molar-refractivity contribution is -0.125. The first-order valence-electron chi connectivity index (χ1n) is 2.70. The van der Waals surface area contributed by atoms with Gasteiger partial charge in [0.25, 0.3) is 0 Å². The maximum absolute atomic E-state index is 10.7. The van der Waals surface area contributed by atoms with Gasteiger partial charge in [-0.2, -0.15) is 0 Å². The van der Waals surface area contributed by atoms with Gasteiger partial charge in [-0.1, -0.05) is 15.9 Å². The van der Waals surface area contributed by atoms with E-state index in [1.807, 2.05) is 0 Å². The summed E-state index contributed by atoms with van der Waals surface area (Å²) in [6, 6.07) is 0. The first-order chi connectivity index (χ1) is 4.04. The van der Waals surface area contributed by atoms with Crippen molar-refractivity contribution in [3.8, 4) is 0 Å². The lowest BCUT2D eigenvalue weighted by Gasteiger charge is -1.96. The van der Waals surface area contributed by atoms with Crippen LogP contribution in [0.25, 0.3) is 0 Å². The minimum atomic E-state index is -0.193. The van der Waals surface area contributed by atoms with Crippen LogP contribution in [-0.2, 0) is 9.59 Å². The third-order valence-corrected chi connectivity index (χ3v) is 1.38. The molecule has 0 saturated carbocycles. The number of ketones is 2.